The zero-order valence-corrected chi connectivity index (χ0v) is 13.5. The van der Waals surface area contributed by atoms with Gasteiger partial charge in [-0.3, -0.25) is 0 Å². The second kappa shape index (κ2) is 6.53. The Hall–Kier alpha value is -2.53. The van der Waals surface area contributed by atoms with Gasteiger partial charge in [0.25, 0.3) is 0 Å². The minimum absolute atomic E-state index is 0.0172. The van der Waals surface area contributed by atoms with E-state index in [2.05, 4.69) is 0 Å². The number of aliphatic carboxylic acids is 1. The quantitative estimate of drug-likeness (QED) is 0.882. The Morgan fingerprint density at radius 2 is 1.83 bits per heavy atom. The lowest BCUT2D eigenvalue weighted by atomic mass is 9.79. The third-order valence-corrected chi connectivity index (χ3v) is 4.46. The maximum Gasteiger partial charge on any atom is 0.336 e. The standard InChI is InChI=1S/C19H20O5/c1-23-16-7-8-17(24-12-13-5-3-2-4-6-13)14-9-10-19(22,18(20)21)11-15(14)16/h2-8,22H,9-12H2,1H3,(H,20,21). The van der Waals surface area contributed by atoms with Crippen molar-refractivity contribution in [1.29, 1.82) is 0 Å². The number of carboxylic acid groups (broad SMARTS) is 1. The van der Waals surface area contributed by atoms with Gasteiger partial charge in [-0.1, -0.05) is 30.3 Å². The van der Waals surface area contributed by atoms with Gasteiger partial charge in [-0.05, 0) is 30.5 Å². The smallest absolute Gasteiger partial charge is 0.336 e. The molecule has 5 heteroatoms. The number of benzene rings is 2. The molecule has 1 unspecified atom stereocenters. The van der Waals surface area contributed by atoms with Crippen LogP contribution in [0.15, 0.2) is 42.5 Å². The molecule has 5 nitrogen and oxygen atoms in total. The van der Waals surface area contributed by atoms with Crippen molar-refractivity contribution in [2.45, 2.75) is 31.5 Å². The Morgan fingerprint density at radius 3 is 2.50 bits per heavy atom. The molecule has 2 N–H and O–H groups in total. The van der Waals surface area contributed by atoms with Crippen molar-refractivity contribution >= 4 is 5.97 Å². The summed E-state index contributed by atoms with van der Waals surface area (Å²) in [7, 11) is 1.54. The lowest BCUT2D eigenvalue weighted by Gasteiger charge is -2.31. The van der Waals surface area contributed by atoms with Crippen LogP contribution in [0, 0.1) is 0 Å². The van der Waals surface area contributed by atoms with Gasteiger partial charge in [-0.2, -0.15) is 0 Å². The predicted molar refractivity (Wildman–Crippen MR) is 88.4 cm³/mol. The number of hydrogen-bond donors (Lipinski definition) is 2. The van der Waals surface area contributed by atoms with E-state index in [0.29, 0.717) is 30.1 Å². The Kier molecular flexibility index (Phi) is 4.44. The molecule has 0 saturated heterocycles. The number of aliphatic hydroxyl groups is 1. The van der Waals surface area contributed by atoms with Crippen LogP contribution in [0.4, 0.5) is 0 Å². The first kappa shape index (κ1) is 16.3. The van der Waals surface area contributed by atoms with E-state index in [4.69, 9.17) is 9.47 Å². The Labute approximate surface area is 140 Å². The molecule has 0 saturated carbocycles. The third kappa shape index (κ3) is 3.08. The highest BCUT2D eigenvalue weighted by Crippen LogP contribution is 2.39. The zero-order chi connectivity index (χ0) is 17.2. The second-order valence-corrected chi connectivity index (χ2v) is 6.01. The SMILES string of the molecule is COc1ccc(OCc2ccccc2)c2c1CC(O)(C(=O)O)CC2. The van der Waals surface area contributed by atoms with Crippen LogP contribution in [0.25, 0.3) is 0 Å². The highest BCUT2D eigenvalue weighted by Gasteiger charge is 2.41. The summed E-state index contributed by atoms with van der Waals surface area (Å²) in [6.45, 7) is 0.433. The molecule has 0 amide bonds. The summed E-state index contributed by atoms with van der Waals surface area (Å²) >= 11 is 0. The van der Waals surface area contributed by atoms with Crippen molar-refractivity contribution in [1.82, 2.24) is 0 Å². The van der Waals surface area contributed by atoms with Crippen molar-refractivity contribution in [3.8, 4) is 11.5 Å². The normalized spacial score (nSPS) is 19.4. The molecule has 0 aliphatic heterocycles. The van der Waals surface area contributed by atoms with Crippen molar-refractivity contribution in [3.05, 3.63) is 59.2 Å². The molecule has 0 aromatic heterocycles. The average Bonchev–Trinajstić information content (AvgIpc) is 2.60. The van der Waals surface area contributed by atoms with Gasteiger partial charge in [0.1, 0.15) is 18.1 Å². The van der Waals surface area contributed by atoms with E-state index >= 15 is 0 Å². The molecule has 0 bridgehead atoms. The summed E-state index contributed by atoms with van der Waals surface area (Å²) in [4.78, 5) is 11.4. The van der Waals surface area contributed by atoms with Gasteiger partial charge in [0, 0.05) is 17.5 Å². The Bertz CT molecular complexity index is 741. The zero-order valence-electron chi connectivity index (χ0n) is 13.5. The molecule has 0 fully saturated rings. The first-order valence-electron chi connectivity index (χ1n) is 7.85. The molecule has 1 aliphatic rings. The van der Waals surface area contributed by atoms with Crippen LogP contribution < -0.4 is 9.47 Å². The van der Waals surface area contributed by atoms with Crippen LogP contribution in [-0.4, -0.2) is 28.9 Å². The first-order valence-corrected chi connectivity index (χ1v) is 7.85. The predicted octanol–water partition coefficient (Wildman–Crippen LogP) is 2.58. The lowest BCUT2D eigenvalue weighted by molar-refractivity contribution is -0.159. The van der Waals surface area contributed by atoms with Gasteiger partial charge in [0.2, 0.25) is 0 Å². The number of fused-ring (bicyclic) bond motifs is 1. The number of ether oxygens (including phenoxy) is 2. The Balaban J connectivity index is 1.89. The van der Waals surface area contributed by atoms with Gasteiger partial charge in [0.15, 0.2) is 5.60 Å². The number of rotatable bonds is 5. The molecule has 24 heavy (non-hydrogen) atoms. The molecule has 0 radical (unpaired) electrons. The number of carbonyl (C=O) groups is 1. The molecule has 126 valence electrons. The van der Waals surface area contributed by atoms with Crippen LogP contribution in [0.3, 0.4) is 0 Å². The van der Waals surface area contributed by atoms with Crippen molar-refractivity contribution in [2.24, 2.45) is 0 Å². The number of carboxylic acids is 1. The summed E-state index contributed by atoms with van der Waals surface area (Å²) in [5, 5.41) is 19.6. The fraction of sp³-hybridized carbons (Fsp3) is 0.316. The molecule has 2 aromatic carbocycles. The van der Waals surface area contributed by atoms with E-state index in [-0.39, 0.29) is 12.8 Å². The van der Waals surface area contributed by atoms with Gasteiger partial charge in [-0.15, -0.1) is 0 Å². The minimum atomic E-state index is -1.75. The summed E-state index contributed by atoms with van der Waals surface area (Å²) in [5.41, 5.74) is 0.925. The summed E-state index contributed by atoms with van der Waals surface area (Å²) < 4.78 is 11.3. The van der Waals surface area contributed by atoms with Gasteiger partial charge in [0.05, 0.1) is 7.11 Å². The highest BCUT2D eigenvalue weighted by molar-refractivity contribution is 5.78. The monoisotopic (exact) mass is 328 g/mol. The topological polar surface area (TPSA) is 76.0 Å². The summed E-state index contributed by atoms with van der Waals surface area (Å²) in [6, 6.07) is 13.4. The molecular formula is C19H20O5. The fourth-order valence-corrected chi connectivity index (χ4v) is 3.07. The van der Waals surface area contributed by atoms with Gasteiger partial charge >= 0.3 is 5.97 Å². The summed E-state index contributed by atoms with van der Waals surface area (Å²) in [5.74, 6) is 0.0873. The van der Waals surface area contributed by atoms with E-state index in [0.717, 1.165) is 11.1 Å². The molecule has 1 aliphatic carbocycles. The van der Waals surface area contributed by atoms with Crippen molar-refractivity contribution < 1.29 is 24.5 Å². The molecule has 2 aromatic rings. The van der Waals surface area contributed by atoms with E-state index < -0.39 is 11.6 Å². The molecule has 3 rings (SSSR count). The van der Waals surface area contributed by atoms with Gasteiger partial charge < -0.3 is 19.7 Å². The van der Waals surface area contributed by atoms with E-state index in [9.17, 15) is 15.0 Å². The van der Waals surface area contributed by atoms with Crippen LogP contribution in [0.2, 0.25) is 0 Å². The maximum absolute atomic E-state index is 11.4. The largest absolute Gasteiger partial charge is 0.496 e. The second-order valence-electron chi connectivity index (χ2n) is 6.01. The summed E-state index contributed by atoms with van der Waals surface area (Å²) in [6.07, 6.45) is 0.604. The van der Waals surface area contributed by atoms with E-state index in [1.165, 1.54) is 7.11 Å². The molecule has 0 spiro atoms. The van der Waals surface area contributed by atoms with Crippen LogP contribution in [-0.2, 0) is 24.2 Å². The lowest BCUT2D eigenvalue weighted by Crippen LogP contribution is -2.43. The van der Waals surface area contributed by atoms with Crippen LogP contribution in [0.1, 0.15) is 23.1 Å². The minimum Gasteiger partial charge on any atom is -0.496 e. The van der Waals surface area contributed by atoms with Crippen LogP contribution >= 0.6 is 0 Å². The van der Waals surface area contributed by atoms with E-state index in [1.807, 2.05) is 36.4 Å². The van der Waals surface area contributed by atoms with Crippen molar-refractivity contribution in [3.63, 3.8) is 0 Å². The van der Waals surface area contributed by atoms with Crippen LogP contribution in [0.5, 0.6) is 11.5 Å². The molecule has 0 heterocycles. The molecule has 1 atom stereocenters. The molecular weight excluding hydrogens is 308 g/mol. The third-order valence-electron chi connectivity index (χ3n) is 4.46. The number of hydrogen-bond acceptors (Lipinski definition) is 4. The maximum atomic E-state index is 11.4. The first-order chi connectivity index (χ1) is 11.5. The van der Waals surface area contributed by atoms with E-state index in [1.54, 1.807) is 6.07 Å². The number of methoxy groups -OCH3 is 1. The van der Waals surface area contributed by atoms with Crippen molar-refractivity contribution in [2.75, 3.05) is 7.11 Å². The van der Waals surface area contributed by atoms with Gasteiger partial charge in [-0.25, -0.2) is 4.79 Å². The Morgan fingerprint density at radius 1 is 1.12 bits per heavy atom. The fourth-order valence-electron chi connectivity index (χ4n) is 3.07. The average molecular weight is 328 g/mol. The highest BCUT2D eigenvalue weighted by atomic mass is 16.5.